The Morgan fingerprint density at radius 2 is 1.88 bits per heavy atom. The predicted octanol–water partition coefficient (Wildman–Crippen LogP) is 2.91. The maximum Gasteiger partial charge on any atom is 0.225 e. The van der Waals surface area contributed by atoms with Gasteiger partial charge in [0.1, 0.15) is 0 Å². The summed E-state index contributed by atoms with van der Waals surface area (Å²) in [4.78, 5) is 10.9. The molecule has 25 heavy (non-hydrogen) atoms. The van der Waals surface area contributed by atoms with Crippen LogP contribution in [0.15, 0.2) is 30.6 Å². The number of nitrogens with one attached hydrogen (secondary N) is 1. The minimum absolute atomic E-state index is 0.465. The van der Waals surface area contributed by atoms with Gasteiger partial charge in [0.15, 0.2) is 11.5 Å². The highest BCUT2D eigenvalue weighted by Crippen LogP contribution is 2.36. The molecule has 0 amide bonds. The summed E-state index contributed by atoms with van der Waals surface area (Å²) in [6, 6.07) is 6.19. The number of anilines is 1. The molecule has 7 heteroatoms. The van der Waals surface area contributed by atoms with Crippen molar-refractivity contribution in [2.45, 2.75) is 25.4 Å². The van der Waals surface area contributed by atoms with E-state index in [1.165, 1.54) is 0 Å². The number of benzene rings is 1. The van der Waals surface area contributed by atoms with Crippen molar-refractivity contribution < 1.29 is 9.47 Å². The second-order valence-corrected chi connectivity index (χ2v) is 6.41. The van der Waals surface area contributed by atoms with Crippen LogP contribution in [0.2, 0.25) is 5.02 Å². The lowest BCUT2D eigenvalue weighted by Crippen LogP contribution is -2.42. The number of rotatable bonds is 6. The number of nitrogens with zero attached hydrogens (tertiary/aromatic N) is 3. The van der Waals surface area contributed by atoms with Gasteiger partial charge in [0.2, 0.25) is 5.95 Å². The summed E-state index contributed by atoms with van der Waals surface area (Å²) < 4.78 is 10.6. The Balaban J connectivity index is 1.54. The summed E-state index contributed by atoms with van der Waals surface area (Å²) in [7, 11) is 3.21. The van der Waals surface area contributed by atoms with Crippen LogP contribution in [0.5, 0.6) is 11.5 Å². The molecule has 0 atom stereocenters. The number of methoxy groups -OCH3 is 2. The molecule has 0 aliphatic carbocycles. The second kappa shape index (κ2) is 8.36. The fourth-order valence-corrected chi connectivity index (χ4v) is 3.38. The summed E-state index contributed by atoms with van der Waals surface area (Å²) in [5.41, 5.74) is 1.08. The van der Waals surface area contributed by atoms with Crippen LogP contribution >= 0.6 is 11.6 Å². The third-order valence-corrected chi connectivity index (χ3v) is 4.70. The van der Waals surface area contributed by atoms with Gasteiger partial charge in [-0.25, -0.2) is 9.97 Å². The van der Waals surface area contributed by atoms with Crippen molar-refractivity contribution in [1.29, 1.82) is 0 Å². The van der Waals surface area contributed by atoms with Gasteiger partial charge < -0.3 is 19.7 Å². The second-order valence-electron chi connectivity index (χ2n) is 6.00. The van der Waals surface area contributed by atoms with Gasteiger partial charge in [-0.05, 0) is 36.6 Å². The normalized spacial score (nSPS) is 15.2. The van der Waals surface area contributed by atoms with Crippen molar-refractivity contribution in [3.63, 3.8) is 0 Å². The lowest BCUT2D eigenvalue weighted by atomic mass is 10.0. The Bertz CT molecular complexity index is 691. The van der Waals surface area contributed by atoms with Crippen LogP contribution in [0.25, 0.3) is 0 Å². The van der Waals surface area contributed by atoms with Gasteiger partial charge in [-0.3, -0.25) is 0 Å². The molecule has 1 saturated heterocycles. The summed E-state index contributed by atoms with van der Waals surface area (Å²) >= 11 is 6.27. The summed E-state index contributed by atoms with van der Waals surface area (Å²) in [5.74, 6) is 2.04. The molecule has 1 N–H and O–H groups in total. The Kier molecular flexibility index (Phi) is 5.94. The van der Waals surface area contributed by atoms with Gasteiger partial charge in [-0.2, -0.15) is 0 Å². The lowest BCUT2D eigenvalue weighted by molar-refractivity contribution is 0.354. The highest BCUT2D eigenvalue weighted by molar-refractivity contribution is 6.32. The first kappa shape index (κ1) is 17.8. The average molecular weight is 363 g/mol. The molecule has 134 valence electrons. The smallest absolute Gasteiger partial charge is 0.225 e. The van der Waals surface area contributed by atoms with E-state index in [4.69, 9.17) is 21.1 Å². The van der Waals surface area contributed by atoms with E-state index in [1.54, 1.807) is 26.6 Å². The quantitative estimate of drug-likeness (QED) is 0.852. The van der Waals surface area contributed by atoms with Gasteiger partial charge in [-0.1, -0.05) is 11.6 Å². The molecule has 0 saturated carbocycles. The largest absolute Gasteiger partial charge is 0.493 e. The molecular formula is C18H23ClN4O2. The Labute approximate surface area is 153 Å². The molecule has 1 aromatic heterocycles. The fourth-order valence-electron chi connectivity index (χ4n) is 3.07. The molecule has 6 nitrogen and oxygen atoms in total. The zero-order valence-electron chi connectivity index (χ0n) is 14.5. The molecule has 1 aliphatic heterocycles. The van der Waals surface area contributed by atoms with Crippen molar-refractivity contribution in [3.05, 3.63) is 41.2 Å². The van der Waals surface area contributed by atoms with Crippen LogP contribution < -0.4 is 19.7 Å². The fraction of sp³-hybridized carbons (Fsp3) is 0.444. The molecule has 0 radical (unpaired) electrons. The maximum absolute atomic E-state index is 6.27. The van der Waals surface area contributed by atoms with Crippen LogP contribution in [-0.4, -0.2) is 43.3 Å². The standard InChI is InChI=1S/C18H23ClN4O2/c1-24-16-11-13(10-15(19)17(16)25-2)12-22-14-4-8-23(9-5-14)18-20-6-3-7-21-18/h3,6-7,10-11,14,22H,4-5,8-9,12H2,1-2H3. The lowest BCUT2D eigenvalue weighted by Gasteiger charge is -2.32. The summed E-state index contributed by atoms with van der Waals surface area (Å²) in [6.45, 7) is 2.65. The molecule has 2 aromatic rings. The van der Waals surface area contributed by atoms with Crippen molar-refractivity contribution in [2.75, 3.05) is 32.2 Å². The van der Waals surface area contributed by atoms with E-state index < -0.39 is 0 Å². The summed E-state index contributed by atoms with van der Waals surface area (Å²) in [6.07, 6.45) is 5.68. The van der Waals surface area contributed by atoms with Crippen LogP contribution in [0.4, 0.5) is 5.95 Å². The van der Waals surface area contributed by atoms with Gasteiger partial charge in [0, 0.05) is 38.1 Å². The Hall–Kier alpha value is -2.05. The molecule has 2 heterocycles. The number of piperidine rings is 1. The Morgan fingerprint density at radius 1 is 1.16 bits per heavy atom. The topological polar surface area (TPSA) is 59.5 Å². The highest BCUT2D eigenvalue weighted by Gasteiger charge is 2.20. The zero-order chi connectivity index (χ0) is 17.6. The molecule has 0 bridgehead atoms. The monoisotopic (exact) mass is 362 g/mol. The minimum Gasteiger partial charge on any atom is -0.493 e. The van der Waals surface area contributed by atoms with E-state index in [1.807, 2.05) is 18.2 Å². The number of aromatic nitrogens is 2. The highest BCUT2D eigenvalue weighted by atomic mass is 35.5. The van der Waals surface area contributed by atoms with E-state index in [2.05, 4.69) is 20.2 Å². The van der Waals surface area contributed by atoms with Crippen LogP contribution in [-0.2, 0) is 6.54 Å². The number of hydrogen-bond donors (Lipinski definition) is 1. The molecule has 0 unspecified atom stereocenters. The molecule has 1 fully saturated rings. The number of halogens is 1. The first-order valence-corrected chi connectivity index (χ1v) is 8.75. The van der Waals surface area contributed by atoms with Crippen LogP contribution in [0, 0.1) is 0 Å². The first-order chi connectivity index (χ1) is 12.2. The van der Waals surface area contributed by atoms with E-state index in [0.717, 1.165) is 44.0 Å². The molecular weight excluding hydrogens is 340 g/mol. The molecule has 1 aliphatic rings. The summed E-state index contributed by atoms with van der Waals surface area (Å²) in [5, 5.41) is 4.17. The number of ether oxygens (including phenoxy) is 2. The number of hydrogen-bond acceptors (Lipinski definition) is 6. The average Bonchev–Trinajstić information content (AvgIpc) is 2.67. The zero-order valence-corrected chi connectivity index (χ0v) is 15.3. The van der Waals surface area contributed by atoms with Crippen LogP contribution in [0.1, 0.15) is 18.4 Å². The molecule has 1 aromatic carbocycles. The van der Waals surface area contributed by atoms with Crippen molar-refractivity contribution >= 4 is 17.5 Å². The van der Waals surface area contributed by atoms with Crippen molar-refractivity contribution in [3.8, 4) is 11.5 Å². The first-order valence-electron chi connectivity index (χ1n) is 8.37. The van der Waals surface area contributed by atoms with E-state index in [9.17, 15) is 0 Å². The molecule has 0 spiro atoms. The van der Waals surface area contributed by atoms with Crippen molar-refractivity contribution in [1.82, 2.24) is 15.3 Å². The van der Waals surface area contributed by atoms with Gasteiger partial charge in [0.05, 0.1) is 19.2 Å². The molecule has 3 rings (SSSR count). The minimum atomic E-state index is 0.465. The van der Waals surface area contributed by atoms with Crippen LogP contribution in [0.3, 0.4) is 0 Å². The predicted molar refractivity (Wildman–Crippen MR) is 98.7 cm³/mol. The van der Waals surface area contributed by atoms with Gasteiger partial charge >= 0.3 is 0 Å². The Morgan fingerprint density at radius 3 is 2.52 bits per heavy atom. The SMILES string of the molecule is COc1cc(CNC2CCN(c3ncccn3)CC2)cc(Cl)c1OC. The van der Waals surface area contributed by atoms with Crippen molar-refractivity contribution in [2.24, 2.45) is 0 Å². The maximum atomic E-state index is 6.27. The van der Waals surface area contributed by atoms with E-state index in [-0.39, 0.29) is 0 Å². The van der Waals surface area contributed by atoms with E-state index in [0.29, 0.717) is 22.6 Å². The van der Waals surface area contributed by atoms with Gasteiger partial charge in [0.25, 0.3) is 0 Å². The van der Waals surface area contributed by atoms with E-state index >= 15 is 0 Å². The van der Waals surface area contributed by atoms with Gasteiger partial charge in [-0.15, -0.1) is 0 Å². The third kappa shape index (κ3) is 4.32. The third-order valence-electron chi connectivity index (χ3n) is 4.42.